The first-order chi connectivity index (χ1) is 10.5. The van der Waals surface area contributed by atoms with Crippen LogP contribution in [0.1, 0.15) is 0 Å². The van der Waals surface area contributed by atoms with Gasteiger partial charge in [-0.05, 0) is 0 Å². The molecule has 4 N–H and O–H groups in total. The largest absolute Gasteiger partial charge is 0.357 e. The minimum Gasteiger partial charge on any atom is -0.348 e. The van der Waals surface area contributed by atoms with Gasteiger partial charge in [0.25, 0.3) is 0 Å². The highest BCUT2D eigenvalue weighted by Crippen LogP contribution is 2.06. The molecule has 23 heavy (non-hydrogen) atoms. The van der Waals surface area contributed by atoms with E-state index in [9.17, 15) is 39.9 Å². The highest BCUT2D eigenvalue weighted by Gasteiger charge is 2.39. The van der Waals surface area contributed by atoms with Crippen LogP contribution in [0.3, 0.4) is 0 Å². The van der Waals surface area contributed by atoms with E-state index in [0.717, 1.165) is 0 Å². The average molecular weight is 338 g/mol. The molecule has 1 saturated heterocycles. The molecule has 0 aliphatic carbocycles. The van der Waals surface area contributed by atoms with E-state index in [4.69, 9.17) is 0 Å². The van der Waals surface area contributed by atoms with Gasteiger partial charge in [0.1, 0.15) is 0 Å². The van der Waals surface area contributed by atoms with Crippen molar-refractivity contribution in [3.8, 4) is 0 Å². The minimum atomic E-state index is -1.04. The standard InChI is InChI=1S/C3H6N6O6.C2H4N4O2/c10-7(11)4-1-5(8(12)13)3-6(2-4)9(14)15;3-1(7)5-6-2(4)8/h1-3H2;(H2,3,7)(H2,4,8). The third-order valence-electron chi connectivity index (χ3n) is 1.92. The summed E-state index contributed by atoms with van der Waals surface area (Å²) in [7, 11) is 0. The lowest BCUT2D eigenvalue weighted by molar-refractivity contribution is -0.775. The molecule has 0 spiro atoms. The molecule has 1 fully saturated rings. The number of hydrazine groups is 3. The summed E-state index contributed by atoms with van der Waals surface area (Å²) >= 11 is 0. The van der Waals surface area contributed by atoms with Gasteiger partial charge in [-0.3, -0.25) is 0 Å². The third kappa shape index (κ3) is 7.48. The van der Waals surface area contributed by atoms with E-state index in [1.807, 2.05) is 0 Å². The van der Waals surface area contributed by atoms with Crippen LogP contribution in [-0.2, 0) is 0 Å². The quantitative estimate of drug-likeness (QED) is 0.321. The molecule has 1 aliphatic heterocycles. The molecule has 18 heteroatoms. The molecule has 0 saturated carbocycles. The number of hydrogen-bond donors (Lipinski definition) is 2. The first-order valence-electron chi connectivity index (χ1n) is 5.23. The number of urea groups is 2. The second kappa shape index (κ2) is 8.43. The Balaban J connectivity index is 0.000000515. The van der Waals surface area contributed by atoms with Gasteiger partial charge in [0, 0.05) is 0 Å². The molecule has 1 aliphatic rings. The zero-order valence-electron chi connectivity index (χ0n) is 11.1. The second-order valence-electron chi connectivity index (χ2n) is 3.53. The number of carbonyl (C=O) groups excluding carboxylic acids is 2. The normalized spacial score (nSPS) is 14.0. The lowest BCUT2D eigenvalue weighted by Gasteiger charge is -2.27. The molecule has 4 amide bonds. The van der Waals surface area contributed by atoms with E-state index in [1.54, 1.807) is 0 Å². The van der Waals surface area contributed by atoms with E-state index in [0.29, 0.717) is 15.0 Å². The van der Waals surface area contributed by atoms with Gasteiger partial charge in [0.05, 0.1) is 0 Å². The highest BCUT2D eigenvalue weighted by molar-refractivity contribution is 5.77. The number of primary amides is 2. The van der Waals surface area contributed by atoms with Crippen molar-refractivity contribution in [2.24, 2.45) is 21.7 Å². The van der Waals surface area contributed by atoms with Crippen LogP contribution < -0.4 is 11.5 Å². The summed E-state index contributed by atoms with van der Waals surface area (Å²) in [5.74, 6) is 0. The maximum Gasteiger partial charge on any atom is 0.357 e. The van der Waals surface area contributed by atoms with Crippen LogP contribution in [-0.4, -0.2) is 62.2 Å². The summed E-state index contributed by atoms with van der Waals surface area (Å²) in [6.07, 6.45) is 0. The molecule has 1 rings (SSSR count). The number of azo groups is 1. The summed E-state index contributed by atoms with van der Waals surface area (Å²) in [6, 6.07) is -2.08. The monoisotopic (exact) mass is 338 g/mol. The van der Waals surface area contributed by atoms with Crippen LogP contribution in [0.25, 0.3) is 0 Å². The lowest BCUT2D eigenvalue weighted by Crippen LogP contribution is -2.59. The first-order valence-corrected chi connectivity index (χ1v) is 5.23. The maximum absolute atomic E-state index is 10.3. The number of rotatable bonds is 3. The smallest absolute Gasteiger partial charge is 0.348 e. The Morgan fingerprint density at radius 2 is 0.957 bits per heavy atom. The predicted octanol–water partition coefficient (Wildman–Crippen LogP) is -2.05. The molecule has 0 radical (unpaired) electrons. The summed E-state index contributed by atoms with van der Waals surface area (Å²) in [6.45, 7) is -1.78. The topological polar surface area (TPSA) is 250 Å². The lowest BCUT2D eigenvalue weighted by atomic mass is 10.7. The van der Waals surface area contributed by atoms with Crippen molar-refractivity contribution >= 4 is 12.1 Å². The molecule has 0 aromatic heterocycles. The molecule has 128 valence electrons. The van der Waals surface area contributed by atoms with Crippen molar-refractivity contribution in [1.82, 2.24) is 15.0 Å². The molecular formula is C5H10N10O8. The van der Waals surface area contributed by atoms with Crippen LogP contribution in [0.5, 0.6) is 0 Å². The number of carbonyl (C=O) groups is 2. The molecule has 0 atom stereocenters. The molecule has 0 bridgehead atoms. The Hall–Kier alpha value is -3.86. The van der Waals surface area contributed by atoms with Crippen molar-refractivity contribution < 1.29 is 24.7 Å². The van der Waals surface area contributed by atoms with E-state index in [1.165, 1.54) is 0 Å². The van der Waals surface area contributed by atoms with Crippen molar-refractivity contribution in [2.75, 3.05) is 20.0 Å². The van der Waals surface area contributed by atoms with E-state index < -0.39 is 47.2 Å². The number of nitrogens with zero attached hydrogens (tertiary/aromatic N) is 8. The molecule has 0 aromatic carbocycles. The fraction of sp³-hybridized carbons (Fsp3) is 0.600. The van der Waals surface area contributed by atoms with Crippen molar-refractivity contribution in [2.45, 2.75) is 0 Å². The van der Waals surface area contributed by atoms with Gasteiger partial charge < -0.3 is 11.5 Å². The Kier molecular flexibility index (Phi) is 7.02. The van der Waals surface area contributed by atoms with Gasteiger partial charge in [-0.25, -0.2) is 39.9 Å². The molecule has 0 unspecified atom stereocenters. The van der Waals surface area contributed by atoms with Gasteiger partial charge >= 0.3 is 12.1 Å². The van der Waals surface area contributed by atoms with Crippen LogP contribution in [0.2, 0.25) is 0 Å². The van der Waals surface area contributed by atoms with Crippen LogP contribution >= 0.6 is 0 Å². The predicted molar refractivity (Wildman–Crippen MR) is 65.1 cm³/mol. The van der Waals surface area contributed by atoms with Crippen LogP contribution in [0.15, 0.2) is 10.2 Å². The van der Waals surface area contributed by atoms with E-state index >= 15 is 0 Å². The minimum absolute atomic E-state index is 0.370. The van der Waals surface area contributed by atoms with Crippen LogP contribution in [0.4, 0.5) is 9.59 Å². The van der Waals surface area contributed by atoms with Crippen molar-refractivity contribution in [3.63, 3.8) is 0 Å². The number of nitrogens with two attached hydrogens (primary N) is 2. The van der Waals surface area contributed by atoms with Gasteiger partial charge in [-0.2, -0.15) is 0 Å². The van der Waals surface area contributed by atoms with E-state index in [2.05, 4.69) is 21.7 Å². The Morgan fingerprint density at radius 3 is 1.09 bits per heavy atom. The molecular weight excluding hydrogens is 328 g/mol. The number of amides is 4. The Morgan fingerprint density at radius 1 is 0.739 bits per heavy atom. The zero-order valence-corrected chi connectivity index (χ0v) is 11.1. The first kappa shape index (κ1) is 19.1. The fourth-order valence-corrected chi connectivity index (χ4v) is 1.11. The number of nitro groups is 3. The average Bonchev–Trinajstić information content (AvgIpc) is 2.45. The van der Waals surface area contributed by atoms with E-state index in [-0.39, 0.29) is 0 Å². The summed E-state index contributed by atoms with van der Waals surface area (Å²) in [5, 5.41) is 34.5. The molecule has 0 aromatic rings. The highest BCUT2D eigenvalue weighted by atomic mass is 16.7. The molecule has 18 nitrogen and oxygen atoms in total. The summed E-state index contributed by atoms with van der Waals surface area (Å²) in [5.41, 5.74) is 8.87. The Bertz CT molecular complexity index is 464. The summed E-state index contributed by atoms with van der Waals surface area (Å²) in [4.78, 5) is 50.3. The third-order valence-corrected chi connectivity index (χ3v) is 1.92. The fourth-order valence-electron chi connectivity index (χ4n) is 1.11. The molecule has 1 heterocycles. The van der Waals surface area contributed by atoms with Crippen LogP contribution in [0, 0.1) is 30.3 Å². The number of hydrogen-bond acceptors (Lipinski definition) is 8. The zero-order chi connectivity index (χ0) is 18.2. The maximum atomic E-state index is 10.3. The van der Waals surface area contributed by atoms with Crippen molar-refractivity contribution in [3.05, 3.63) is 30.3 Å². The van der Waals surface area contributed by atoms with Gasteiger partial charge in [0.15, 0.2) is 15.1 Å². The SMILES string of the molecule is NC(=O)N=NC(N)=O.O=[N+]([O-])N1CN([N+](=O)[O-])CN([N+](=O)[O-])C1. The second-order valence-corrected chi connectivity index (χ2v) is 3.53. The van der Waals surface area contributed by atoms with Crippen molar-refractivity contribution in [1.29, 1.82) is 0 Å². The van der Waals surface area contributed by atoms with Gasteiger partial charge in [-0.15, -0.1) is 0 Å². The Labute approximate surface area is 125 Å². The van der Waals surface area contributed by atoms with Gasteiger partial charge in [0.2, 0.25) is 20.0 Å². The van der Waals surface area contributed by atoms with Gasteiger partial charge in [-0.1, -0.05) is 25.3 Å². The summed E-state index contributed by atoms with van der Waals surface area (Å²) < 4.78 is 0.